The van der Waals surface area contributed by atoms with Gasteiger partial charge in [0.25, 0.3) is 0 Å². The third kappa shape index (κ3) is 5.43. The second kappa shape index (κ2) is 8.44. The summed E-state index contributed by atoms with van der Waals surface area (Å²) in [6.45, 7) is 5.34. The van der Waals surface area contributed by atoms with Crippen molar-refractivity contribution in [1.82, 2.24) is 5.32 Å². The molecule has 0 aliphatic carbocycles. The summed E-state index contributed by atoms with van der Waals surface area (Å²) >= 11 is 0. The second-order valence-electron chi connectivity index (χ2n) is 6.19. The summed E-state index contributed by atoms with van der Waals surface area (Å²) in [7, 11) is 0. The normalized spacial score (nSPS) is 13.0. The summed E-state index contributed by atoms with van der Waals surface area (Å²) in [6, 6.07) is 14.7. The zero-order valence-corrected chi connectivity index (χ0v) is 14.8. The van der Waals surface area contributed by atoms with Crippen LogP contribution in [0, 0.1) is 6.92 Å². The van der Waals surface area contributed by atoms with Gasteiger partial charge in [-0.15, -0.1) is 0 Å². The van der Waals surface area contributed by atoms with E-state index in [4.69, 9.17) is 10.5 Å². The van der Waals surface area contributed by atoms with Crippen LogP contribution in [-0.2, 0) is 20.9 Å². The number of esters is 1. The number of aryl methyl sites for hydroxylation is 1. The third-order valence-corrected chi connectivity index (χ3v) is 3.85. The number of hydrogen-bond acceptors (Lipinski definition) is 4. The van der Waals surface area contributed by atoms with E-state index >= 15 is 0 Å². The van der Waals surface area contributed by atoms with Gasteiger partial charge in [-0.3, -0.25) is 4.79 Å². The first-order chi connectivity index (χ1) is 11.9. The number of carbonyl (C=O) groups is 2. The van der Waals surface area contributed by atoms with Gasteiger partial charge in [-0.2, -0.15) is 0 Å². The average molecular weight is 340 g/mol. The van der Waals surface area contributed by atoms with Crippen LogP contribution in [0.3, 0.4) is 0 Å². The zero-order valence-electron chi connectivity index (χ0n) is 14.8. The van der Waals surface area contributed by atoms with Crippen LogP contribution in [0.1, 0.15) is 25.0 Å². The lowest BCUT2D eigenvalue weighted by molar-refractivity contribution is -0.148. The Morgan fingerprint density at radius 1 is 1.00 bits per heavy atom. The fourth-order valence-corrected chi connectivity index (χ4v) is 2.22. The Hall–Kier alpha value is -2.66. The molecule has 0 radical (unpaired) electrons. The summed E-state index contributed by atoms with van der Waals surface area (Å²) in [5.74, 6) is -0.872. The number of nitrogens with two attached hydrogens (primary N) is 1. The molecular weight excluding hydrogens is 316 g/mol. The molecule has 0 aromatic heterocycles. The second-order valence-corrected chi connectivity index (χ2v) is 6.19. The van der Waals surface area contributed by atoms with Gasteiger partial charge in [0.1, 0.15) is 12.6 Å². The lowest BCUT2D eigenvalue weighted by atomic mass is 10.0. The standard InChI is InChI=1S/C20H24N2O3/c1-13-4-8-17(9-5-13)18-10-6-16(7-11-18)12-25-20(24)15(3)22-19(23)14(2)21/h4-11,14-15H,12,21H2,1-3H3,(H,22,23). The number of amides is 1. The highest BCUT2D eigenvalue weighted by Crippen LogP contribution is 2.20. The van der Waals surface area contributed by atoms with Gasteiger partial charge in [0.05, 0.1) is 6.04 Å². The fourth-order valence-electron chi connectivity index (χ4n) is 2.22. The van der Waals surface area contributed by atoms with Crippen LogP contribution in [0.15, 0.2) is 48.5 Å². The Kier molecular flexibility index (Phi) is 6.31. The van der Waals surface area contributed by atoms with Gasteiger partial charge in [-0.25, -0.2) is 4.79 Å². The van der Waals surface area contributed by atoms with E-state index in [1.165, 1.54) is 5.56 Å². The van der Waals surface area contributed by atoms with Crippen molar-refractivity contribution in [2.75, 3.05) is 0 Å². The van der Waals surface area contributed by atoms with Crippen LogP contribution in [0.5, 0.6) is 0 Å². The van der Waals surface area contributed by atoms with Crippen LogP contribution in [-0.4, -0.2) is 24.0 Å². The molecule has 2 aromatic carbocycles. The van der Waals surface area contributed by atoms with Crippen molar-refractivity contribution in [3.63, 3.8) is 0 Å². The Bertz CT molecular complexity index is 722. The largest absolute Gasteiger partial charge is 0.459 e. The highest BCUT2D eigenvalue weighted by Gasteiger charge is 2.18. The van der Waals surface area contributed by atoms with Crippen LogP contribution < -0.4 is 11.1 Å². The monoisotopic (exact) mass is 340 g/mol. The molecule has 5 heteroatoms. The third-order valence-electron chi connectivity index (χ3n) is 3.85. The van der Waals surface area contributed by atoms with Crippen LogP contribution in [0.25, 0.3) is 11.1 Å². The molecule has 2 atom stereocenters. The molecular formula is C20H24N2O3. The van der Waals surface area contributed by atoms with Gasteiger partial charge in [0, 0.05) is 0 Å². The number of hydrogen-bond donors (Lipinski definition) is 2. The van der Waals surface area contributed by atoms with E-state index in [-0.39, 0.29) is 12.5 Å². The van der Waals surface area contributed by atoms with Crippen molar-refractivity contribution in [2.24, 2.45) is 5.73 Å². The lowest BCUT2D eigenvalue weighted by Gasteiger charge is -2.15. The van der Waals surface area contributed by atoms with E-state index in [1.54, 1.807) is 13.8 Å². The number of nitrogens with one attached hydrogen (secondary N) is 1. The van der Waals surface area contributed by atoms with E-state index < -0.39 is 18.1 Å². The Labute approximate surface area is 148 Å². The highest BCUT2D eigenvalue weighted by molar-refractivity contribution is 5.86. The molecule has 0 saturated heterocycles. The molecule has 3 N–H and O–H groups in total. The molecule has 2 unspecified atom stereocenters. The molecule has 5 nitrogen and oxygen atoms in total. The van der Waals surface area contributed by atoms with Gasteiger partial charge in [-0.05, 0) is 37.5 Å². The first kappa shape index (κ1) is 18.7. The van der Waals surface area contributed by atoms with Crippen molar-refractivity contribution >= 4 is 11.9 Å². The minimum Gasteiger partial charge on any atom is -0.459 e. The molecule has 0 aliphatic rings. The number of ether oxygens (including phenoxy) is 1. The molecule has 0 aliphatic heterocycles. The first-order valence-electron chi connectivity index (χ1n) is 8.25. The fraction of sp³-hybridized carbons (Fsp3) is 0.300. The molecule has 2 rings (SSSR count). The minimum atomic E-state index is -0.731. The highest BCUT2D eigenvalue weighted by atomic mass is 16.5. The number of benzene rings is 2. The van der Waals surface area contributed by atoms with Gasteiger partial charge >= 0.3 is 5.97 Å². The summed E-state index contributed by atoms with van der Waals surface area (Å²) < 4.78 is 5.24. The lowest BCUT2D eigenvalue weighted by Crippen LogP contribution is -2.46. The summed E-state index contributed by atoms with van der Waals surface area (Å²) in [5, 5.41) is 2.51. The molecule has 0 fully saturated rings. The molecule has 1 amide bonds. The summed E-state index contributed by atoms with van der Waals surface area (Å²) in [5.41, 5.74) is 9.80. The smallest absolute Gasteiger partial charge is 0.328 e. The van der Waals surface area contributed by atoms with E-state index in [9.17, 15) is 9.59 Å². The molecule has 0 bridgehead atoms. The van der Waals surface area contributed by atoms with Gasteiger partial charge < -0.3 is 15.8 Å². The SMILES string of the molecule is Cc1ccc(-c2ccc(COC(=O)C(C)NC(=O)C(C)N)cc2)cc1. The number of rotatable bonds is 6. The Morgan fingerprint density at radius 2 is 1.52 bits per heavy atom. The van der Waals surface area contributed by atoms with Crippen molar-refractivity contribution in [2.45, 2.75) is 39.5 Å². The molecule has 0 spiro atoms. The Morgan fingerprint density at radius 3 is 2.04 bits per heavy atom. The van der Waals surface area contributed by atoms with Gasteiger partial charge in [0.2, 0.25) is 5.91 Å². The molecule has 2 aromatic rings. The maximum atomic E-state index is 11.9. The van der Waals surface area contributed by atoms with Crippen molar-refractivity contribution < 1.29 is 14.3 Å². The van der Waals surface area contributed by atoms with Gasteiger partial charge in [-0.1, -0.05) is 54.1 Å². The van der Waals surface area contributed by atoms with Crippen molar-refractivity contribution in [3.8, 4) is 11.1 Å². The summed E-state index contributed by atoms with van der Waals surface area (Å²) in [4.78, 5) is 23.4. The maximum absolute atomic E-state index is 11.9. The van der Waals surface area contributed by atoms with E-state index in [0.29, 0.717) is 0 Å². The maximum Gasteiger partial charge on any atom is 0.328 e. The predicted octanol–water partition coefficient (Wildman–Crippen LogP) is 2.56. The molecule has 0 heterocycles. The average Bonchev–Trinajstić information content (AvgIpc) is 2.60. The molecule has 25 heavy (non-hydrogen) atoms. The van der Waals surface area contributed by atoms with E-state index in [1.807, 2.05) is 24.3 Å². The topological polar surface area (TPSA) is 81.4 Å². The molecule has 0 saturated carbocycles. The van der Waals surface area contributed by atoms with Crippen LogP contribution in [0.2, 0.25) is 0 Å². The van der Waals surface area contributed by atoms with E-state index in [0.717, 1.165) is 16.7 Å². The van der Waals surface area contributed by atoms with E-state index in [2.05, 4.69) is 36.5 Å². The van der Waals surface area contributed by atoms with Crippen LogP contribution in [0.4, 0.5) is 0 Å². The quantitative estimate of drug-likeness (QED) is 0.792. The zero-order chi connectivity index (χ0) is 18.4. The van der Waals surface area contributed by atoms with Gasteiger partial charge in [0.15, 0.2) is 0 Å². The number of carbonyl (C=O) groups excluding carboxylic acids is 2. The van der Waals surface area contributed by atoms with Crippen molar-refractivity contribution in [3.05, 3.63) is 59.7 Å². The first-order valence-corrected chi connectivity index (χ1v) is 8.25. The van der Waals surface area contributed by atoms with Crippen molar-refractivity contribution in [1.29, 1.82) is 0 Å². The summed E-state index contributed by atoms with van der Waals surface area (Å²) in [6.07, 6.45) is 0. The predicted molar refractivity (Wildman–Crippen MR) is 97.7 cm³/mol. The minimum absolute atomic E-state index is 0.158. The van der Waals surface area contributed by atoms with Crippen LogP contribution >= 0.6 is 0 Å². The Balaban J connectivity index is 1.90. The molecule has 132 valence electrons.